The first-order valence-corrected chi connectivity index (χ1v) is 6.69. The lowest BCUT2D eigenvalue weighted by atomic mass is 10.1. The summed E-state index contributed by atoms with van der Waals surface area (Å²) in [7, 11) is 0. The predicted molar refractivity (Wildman–Crippen MR) is 76.1 cm³/mol. The molecule has 0 aromatic heterocycles. The Labute approximate surface area is 119 Å². The van der Waals surface area contributed by atoms with E-state index in [0.717, 1.165) is 10.0 Å². The van der Waals surface area contributed by atoms with E-state index in [9.17, 15) is 9.18 Å². The summed E-state index contributed by atoms with van der Waals surface area (Å²) in [6, 6.07) is 14.2. The van der Waals surface area contributed by atoms with E-state index in [2.05, 4.69) is 21.2 Å². The average Bonchev–Trinajstić information content (AvgIpc) is 2.42. The molecule has 0 fully saturated rings. The first-order valence-electron chi connectivity index (χ1n) is 5.90. The third-order valence-corrected chi connectivity index (χ3v) is 3.18. The van der Waals surface area contributed by atoms with Gasteiger partial charge < -0.3 is 5.32 Å². The maximum absolute atomic E-state index is 13.5. The monoisotopic (exact) mass is 321 g/mol. The van der Waals surface area contributed by atoms with Gasteiger partial charge in [-0.05, 0) is 29.3 Å². The van der Waals surface area contributed by atoms with Crippen molar-refractivity contribution in [2.24, 2.45) is 0 Å². The van der Waals surface area contributed by atoms with E-state index in [1.807, 2.05) is 30.3 Å². The molecule has 4 heteroatoms. The molecule has 0 heterocycles. The Morgan fingerprint density at radius 3 is 2.63 bits per heavy atom. The first-order chi connectivity index (χ1) is 9.15. The van der Waals surface area contributed by atoms with Crippen molar-refractivity contribution in [2.75, 3.05) is 0 Å². The summed E-state index contributed by atoms with van der Waals surface area (Å²) in [5.74, 6) is -0.557. The topological polar surface area (TPSA) is 29.1 Å². The second-order valence-electron chi connectivity index (χ2n) is 4.17. The van der Waals surface area contributed by atoms with E-state index in [1.165, 1.54) is 6.07 Å². The zero-order chi connectivity index (χ0) is 13.7. The number of carbonyl (C=O) groups is 1. The van der Waals surface area contributed by atoms with E-state index in [-0.39, 0.29) is 18.1 Å². The van der Waals surface area contributed by atoms with E-state index >= 15 is 0 Å². The molecule has 0 saturated carbocycles. The molecule has 2 aromatic carbocycles. The highest BCUT2D eigenvalue weighted by atomic mass is 79.9. The fourth-order valence-corrected chi connectivity index (χ4v) is 2.12. The lowest BCUT2D eigenvalue weighted by Crippen LogP contribution is -2.24. The van der Waals surface area contributed by atoms with Gasteiger partial charge in [0.15, 0.2) is 0 Å². The third-order valence-electron chi connectivity index (χ3n) is 2.69. The van der Waals surface area contributed by atoms with Crippen molar-refractivity contribution in [3.05, 3.63) is 69.9 Å². The van der Waals surface area contributed by atoms with E-state index in [1.54, 1.807) is 12.1 Å². The summed E-state index contributed by atoms with van der Waals surface area (Å²) < 4.78 is 14.3. The fourth-order valence-electron chi connectivity index (χ4n) is 1.71. The van der Waals surface area contributed by atoms with Crippen LogP contribution in [0, 0.1) is 5.82 Å². The molecular weight excluding hydrogens is 309 g/mol. The molecule has 0 atom stereocenters. The summed E-state index contributed by atoms with van der Waals surface area (Å²) in [6.45, 7) is 0.454. The second-order valence-corrected chi connectivity index (χ2v) is 5.09. The third kappa shape index (κ3) is 4.17. The van der Waals surface area contributed by atoms with Crippen LogP contribution in [0.5, 0.6) is 0 Å². The number of hydrogen-bond acceptors (Lipinski definition) is 1. The number of carbonyl (C=O) groups excluding carboxylic acids is 1. The van der Waals surface area contributed by atoms with Crippen LogP contribution < -0.4 is 5.32 Å². The molecule has 2 nitrogen and oxygen atoms in total. The number of hydrogen-bond donors (Lipinski definition) is 1. The molecule has 1 amide bonds. The van der Waals surface area contributed by atoms with Gasteiger partial charge in [-0.25, -0.2) is 4.39 Å². The van der Waals surface area contributed by atoms with Crippen molar-refractivity contribution in [3.8, 4) is 0 Å². The molecule has 0 radical (unpaired) electrons. The molecule has 0 unspecified atom stereocenters. The highest BCUT2D eigenvalue weighted by molar-refractivity contribution is 9.10. The standard InChI is InChI=1S/C15H13BrFNO/c16-13-6-7-14(17)12(8-13)9-15(19)18-10-11-4-2-1-3-5-11/h1-8H,9-10H2,(H,18,19). The Morgan fingerprint density at radius 1 is 1.16 bits per heavy atom. The Bertz CT molecular complexity index is 572. The fraction of sp³-hybridized carbons (Fsp3) is 0.133. The summed E-state index contributed by atoms with van der Waals surface area (Å²) in [4.78, 5) is 11.8. The van der Waals surface area contributed by atoms with Crippen molar-refractivity contribution >= 4 is 21.8 Å². The van der Waals surface area contributed by atoms with Gasteiger partial charge in [0, 0.05) is 11.0 Å². The summed E-state index contributed by atoms with van der Waals surface area (Å²) in [5, 5.41) is 2.77. The van der Waals surface area contributed by atoms with Crippen molar-refractivity contribution < 1.29 is 9.18 Å². The molecule has 0 aliphatic carbocycles. The lowest BCUT2D eigenvalue weighted by Gasteiger charge is -2.06. The largest absolute Gasteiger partial charge is 0.352 e. The van der Waals surface area contributed by atoms with Gasteiger partial charge in [-0.15, -0.1) is 0 Å². The Kier molecular flexibility index (Phi) is 4.68. The highest BCUT2D eigenvalue weighted by Gasteiger charge is 2.08. The van der Waals surface area contributed by atoms with Crippen molar-refractivity contribution in [2.45, 2.75) is 13.0 Å². The van der Waals surface area contributed by atoms with Crippen LogP contribution in [0.15, 0.2) is 53.0 Å². The van der Waals surface area contributed by atoms with Crippen LogP contribution in [0.3, 0.4) is 0 Å². The van der Waals surface area contributed by atoms with E-state index in [4.69, 9.17) is 0 Å². The smallest absolute Gasteiger partial charge is 0.224 e. The maximum Gasteiger partial charge on any atom is 0.224 e. The molecule has 2 aromatic rings. The molecular formula is C15H13BrFNO. The summed E-state index contributed by atoms with van der Waals surface area (Å²) in [6.07, 6.45) is 0.0398. The highest BCUT2D eigenvalue weighted by Crippen LogP contribution is 2.16. The zero-order valence-corrected chi connectivity index (χ0v) is 11.8. The lowest BCUT2D eigenvalue weighted by molar-refractivity contribution is -0.120. The minimum absolute atomic E-state index is 0.0398. The van der Waals surface area contributed by atoms with Crippen LogP contribution in [0.2, 0.25) is 0 Å². The number of nitrogens with one attached hydrogen (secondary N) is 1. The van der Waals surface area contributed by atoms with Crippen LogP contribution in [-0.4, -0.2) is 5.91 Å². The summed E-state index contributed by atoms with van der Waals surface area (Å²) >= 11 is 3.26. The molecule has 19 heavy (non-hydrogen) atoms. The minimum atomic E-state index is -0.363. The van der Waals surface area contributed by atoms with Crippen LogP contribution >= 0.6 is 15.9 Å². The molecule has 98 valence electrons. The van der Waals surface area contributed by atoms with Crippen LogP contribution in [0.4, 0.5) is 4.39 Å². The molecule has 0 bridgehead atoms. The predicted octanol–water partition coefficient (Wildman–Crippen LogP) is 3.45. The average molecular weight is 322 g/mol. The second kappa shape index (κ2) is 6.48. The first kappa shape index (κ1) is 13.7. The molecule has 0 spiro atoms. The summed E-state index contributed by atoms with van der Waals surface area (Å²) in [5.41, 5.74) is 1.41. The Morgan fingerprint density at radius 2 is 1.89 bits per heavy atom. The van der Waals surface area contributed by atoms with Gasteiger partial charge in [-0.3, -0.25) is 4.79 Å². The molecule has 2 rings (SSSR count). The Hall–Kier alpha value is -1.68. The Balaban J connectivity index is 1.93. The normalized spacial score (nSPS) is 10.2. The van der Waals surface area contributed by atoms with Crippen LogP contribution in [-0.2, 0) is 17.8 Å². The molecule has 0 saturated heterocycles. The van der Waals surface area contributed by atoms with Gasteiger partial charge >= 0.3 is 0 Å². The number of benzene rings is 2. The van der Waals surface area contributed by atoms with Crippen LogP contribution in [0.1, 0.15) is 11.1 Å². The van der Waals surface area contributed by atoms with Gasteiger partial charge in [0.05, 0.1) is 6.42 Å². The molecule has 0 aliphatic rings. The van der Waals surface area contributed by atoms with Crippen LogP contribution in [0.25, 0.3) is 0 Å². The van der Waals surface area contributed by atoms with Crippen molar-refractivity contribution in [1.82, 2.24) is 5.32 Å². The van der Waals surface area contributed by atoms with Gasteiger partial charge in [0.1, 0.15) is 5.82 Å². The van der Waals surface area contributed by atoms with Crippen molar-refractivity contribution in [3.63, 3.8) is 0 Å². The number of halogens is 2. The zero-order valence-electron chi connectivity index (χ0n) is 10.2. The molecule has 0 aliphatic heterocycles. The number of rotatable bonds is 4. The van der Waals surface area contributed by atoms with Crippen molar-refractivity contribution in [1.29, 1.82) is 0 Å². The quantitative estimate of drug-likeness (QED) is 0.918. The maximum atomic E-state index is 13.5. The van der Waals surface area contributed by atoms with Gasteiger partial charge in [-0.1, -0.05) is 46.3 Å². The van der Waals surface area contributed by atoms with Gasteiger partial charge in [0.2, 0.25) is 5.91 Å². The van der Waals surface area contributed by atoms with E-state index < -0.39 is 0 Å². The number of amides is 1. The molecule has 1 N–H and O–H groups in total. The van der Waals surface area contributed by atoms with Gasteiger partial charge in [-0.2, -0.15) is 0 Å². The van der Waals surface area contributed by atoms with E-state index in [0.29, 0.717) is 12.1 Å². The SMILES string of the molecule is O=C(Cc1cc(Br)ccc1F)NCc1ccccc1. The minimum Gasteiger partial charge on any atom is -0.352 e. The van der Waals surface area contributed by atoms with Gasteiger partial charge in [0.25, 0.3) is 0 Å².